The van der Waals surface area contributed by atoms with Crippen LogP contribution in [0, 0.1) is 0 Å². The number of carboxylic acids is 1. The van der Waals surface area contributed by atoms with Crippen molar-refractivity contribution in [3.8, 4) is 0 Å². The lowest BCUT2D eigenvalue weighted by Gasteiger charge is -2.12. The summed E-state index contributed by atoms with van der Waals surface area (Å²) in [4.78, 5) is 21.9. The highest BCUT2D eigenvalue weighted by Crippen LogP contribution is 2.16. The van der Waals surface area contributed by atoms with Gasteiger partial charge in [0.1, 0.15) is 0 Å². The largest absolute Gasteiger partial charge is 0.481 e. The van der Waals surface area contributed by atoms with Crippen molar-refractivity contribution in [2.24, 2.45) is 0 Å². The third-order valence-electron chi connectivity index (χ3n) is 3.65. The monoisotopic (exact) mass is 276 g/mol. The number of hydrogen-bond donors (Lipinski definition) is 3. The Labute approximate surface area is 118 Å². The van der Waals surface area contributed by atoms with Crippen LogP contribution in [0.3, 0.4) is 0 Å². The Morgan fingerprint density at radius 2 is 2.15 bits per heavy atom. The second kappa shape index (κ2) is 6.52. The molecular weight excluding hydrogens is 256 g/mol. The molecule has 2 unspecified atom stereocenters. The standard InChI is InChI=1S/C15H20N2O3/c1-10(15(19)20)12-4-2-11(3-5-12)8-16-9-13-6-7-14(18)17-13/h2-5,10,13,16H,6-9H2,1H3,(H,17,18)(H,19,20). The lowest BCUT2D eigenvalue weighted by Crippen LogP contribution is -2.35. The maximum absolute atomic E-state index is 11.1. The number of carboxylic acid groups (broad SMARTS) is 1. The van der Waals surface area contributed by atoms with Crippen LogP contribution in [0.5, 0.6) is 0 Å². The van der Waals surface area contributed by atoms with Gasteiger partial charge in [0.15, 0.2) is 0 Å². The summed E-state index contributed by atoms with van der Waals surface area (Å²) in [7, 11) is 0. The SMILES string of the molecule is CC(C(=O)O)c1ccc(CNCC2CCC(=O)N2)cc1. The molecule has 3 N–H and O–H groups in total. The lowest BCUT2D eigenvalue weighted by atomic mass is 10.00. The molecule has 0 aromatic heterocycles. The molecule has 1 heterocycles. The molecule has 0 spiro atoms. The zero-order chi connectivity index (χ0) is 14.5. The first-order valence-electron chi connectivity index (χ1n) is 6.88. The van der Waals surface area contributed by atoms with E-state index in [0.717, 1.165) is 24.1 Å². The van der Waals surface area contributed by atoms with Crippen LogP contribution in [0.15, 0.2) is 24.3 Å². The normalized spacial score (nSPS) is 19.6. The van der Waals surface area contributed by atoms with E-state index in [1.807, 2.05) is 24.3 Å². The average molecular weight is 276 g/mol. The fourth-order valence-electron chi connectivity index (χ4n) is 2.29. The Balaban J connectivity index is 1.79. The van der Waals surface area contributed by atoms with Gasteiger partial charge in [0.05, 0.1) is 5.92 Å². The van der Waals surface area contributed by atoms with E-state index >= 15 is 0 Å². The molecule has 0 bridgehead atoms. The lowest BCUT2D eigenvalue weighted by molar-refractivity contribution is -0.138. The van der Waals surface area contributed by atoms with Gasteiger partial charge in [-0.1, -0.05) is 24.3 Å². The Morgan fingerprint density at radius 3 is 2.70 bits per heavy atom. The quantitative estimate of drug-likeness (QED) is 0.730. The number of hydrogen-bond acceptors (Lipinski definition) is 3. The van der Waals surface area contributed by atoms with Gasteiger partial charge in [-0.05, 0) is 24.5 Å². The molecule has 1 aromatic carbocycles. The molecule has 1 aliphatic rings. The number of nitrogens with one attached hydrogen (secondary N) is 2. The van der Waals surface area contributed by atoms with E-state index in [0.29, 0.717) is 13.0 Å². The average Bonchev–Trinajstić information content (AvgIpc) is 2.84. The van der Waals surface area contributed by atoms with Crippen LogP contribution in [0.4, 0.5) is 0 Å². The second-order valence-corrected chi connectivity index (χ2v) is 5.24. The Morgan fingerprint density at radius 1 is 1.45 bits per heavy atom. The number of rotatable bonds is 6. The first-order chi connectivity index (χ1) is 9.56. The third kappa shape index (κ3) is 3.81. The molecule has 0 radical (unpaired) electrons. The van der Waals surface area contributed by atoms with Crippen LogP contribution < -0.4 is 10.6 Å². The Kier molecular flexibility index (Phi) is 4.74. The molecule has 20 heavy (non-hydrogen) atoms. The first-order valence-corrected chi connectivity index (χ1v) is 6.88. The number of carbonyl (C=O) groups excluding carboxylic acids is 1. The maximum Gasteiger partial charge on any atom is 0.310 e. The molecule has 1 aliphatic heterocycles. The van der Waals surface area contributed by atoms with E-state index in [2.05, 4.69) is 10.6 Å². The molecule has 1 fully saturated rings. The van der Waals surface area contributed by atoms with Gasteiger partial charge in [-0.25, -0.2) is 0 Å². The summed E-state index contributed by atoms with van der Waals surface area (Å²) in [6.07, 6.45) is 1.51. The van der Waals surface area contributed by atoms with E-state index < -0.39 is 11.9 Å². The molecule has 5 nitrogen and oxygen atoms in total. The molecular formula is C15H20N2O3. The van der Waals surface area contributed by atoms with Crippen molar-refractivity contribution in [3.05, 3.63) is 35.4 Å². The summed E-state index contributed by atoms with van der Waals surface area (Å²) >= 11 is 0. The summed E-state index contributed by atoms with van der Waals surface area (Å²) in [5.74, 6) is -1.16. The van der Waals surface area contributed by atoms with Crippen molar-refractivity contribution in [1.29, 1.82) is 0 Å². The number of benzene rings is 1. The van der Waals surface area contributed by atoms with Crippen LogP contribution in [0.2, 0.25) is 0 Å². The fraction of sp³-hybridized carbons (Fsp3) is 0.467. The number of aliphatic carboxylic acids is 1. The van der Waals surface area contributed by atoms with Gasteiger partial charge >= 0.3 is 5.97 Å². The molecule has 5 heteroatoms. The molecule has 1 amide bonds. The first kappa shape index (κ1) is 14.5. The second-order valence-electron chi connectivity index (χ2n) is 5.24. The van der Waals surface area contributed by atoms with E-state index in [4.69, 9.17) is 5.11 Å². The van der Waals surface area contributed by atoms with Crippen molar-refractivity contribution in [1.82, 2.24) is 10.6 Å². The highest BCUT2D eigenvalue weighted by molar-refractivity contribution is 5.78. The molecule has 0 saturated carbocycles. The minimum atomic E-state index is -0.812. The van der Waals surface area contributed by atoms with Gasteiger partial charge in [0.2, 0.25) is 5.91 Å². The van der Waals surface area contributed by atoms with Gasteiger partial charge in [-0.15, -0.1) is 0 Å². The van der Waals surface area contributed by atoms with Gasteiger partial charge in [-0.2, -0.15) is 0 Å². The summed E-state index contributed by atoms with van der Waals surface area (Å²) in [6.45, 7) is 3.16. The predicted molar refractivity (Wildman–Crippen MR) is 75.4 cm³/mol. The maximum atomic E-state index is 11.1. The van der Waals surface area contributed by atoms with Crippen molar-refractivity contribution >= 4 is 11.9 Å². The fourth-order valence-corrected chi connectivity index (χ4v) is 2.29. The molecule has 0 aliphatic carbocycles. The number of carbonyl (C=O) groups is 2. The summed E-state index contributed by atoms with van der Waals surface area (Å²) in [5, 5.41) is 15.2. The summed E-state index contributed by atoms with van der Waals surface area (Å²) in [5.41, 5.74) is 1.92. The van der Waals surface area contributed by atoms with Gasteiger partial charge in [-0.3, -0.25) is 9.59 Å². The minimum Gasteiger partial charge on any atom is -0.481 e. The summed E-state index contributed by atoms with van der Waals surface area (Å²) in [6, 6.07) is 7.82. The van der Waals surface area contributed by atoms with Gasteiger partial charge in [0, 0.05) is 25.6 Å². The van der Waals surface area contributed by atoms with Crippen LogP contribution in [-0.4, -0.2) is 29.6 Å². The molecule has 2 rings (SSSR count). The molecule has 2 atom stereocenters. The van der Waals surface area contributed by atoms with Crippen LogP contribution >= 0.6 is 0 Å². The van der Waals surface area contributed by atoms with Gasteiger partial charge < -0.3 is 15.7 Å². The Bertz CT molecular complexity index is 484. The van der Waals surface area contributed by atoms with Crippen molar-refractivity contribution in [3.63, 3.8) is 0 Å². The van der Waals surface area contributed by atoms with E-state index in [-0.39, 0.29) is 11.9 Å². The highest BCUT2D eigenvalue weighted by atomic mass is 16.4. The predicted octanol–water partition coefficient (Wildman–Crippen LogP) is 1.24. The van der Waals surface area contributed by atoms with Crippen LogP contribution in [-0.2, 0) is 16.1 Å². The smallest absolute Gasteiger partial charge is 0.310 e. The molecule has 1 aromatic rings. The topological polar surface area (TPSA) is 78.4 Å². The Hall–Kier alpha value is -1.88. The van der Waals surface area contributed by atoms with Crippen molar-refractivity contribution < 1.29 is 14.7 Å². The highest BCUT2D eigenvalue weighted by Gasteiger charge is 2.19. The third-order valence-corrected chi connectivity index (χ3v) is 3.65. The van der Waals surface area contributed by atoms with Crippen LogP contribution in [0.1, 0.15) is 36.8 Å². The zero-order valence-electron chi connectivity index (χ0n) is 11.6. The van der Waals surface area contributed by atoms with E-state index in [9.17, 15) is 9.59 Å². The van der Waals surface area contributed by atoms with Crippen molar-refractivity contribution in [2.75, 3.05) is 6.54 Å². The summed E-state index contributed by atoms with van der Waals surface area (Å²) < 4.78 is 0. The van der Waals surface area contributed by atoms with E-state index in [1.165, 1.54) is 0 Å². The zero-order valence-corrected chi connectivity index (χ0v) is 11.6. The van der Waals surface area contributed by atoms with Gasteiger partial charge in [0.25, 0.3) is 0 Å². The molecule has 1 saturated heterocycles. The van der Waals surface area contributed by atoms with E-state index in [1.54, 1.807) is 6.92 Å². The number of amides is 1. The van der Waals surface area contributed by atoms with Crippen LogP contribution in [0.25, 0.3) is 0 Å². The molecule has 108 valence electrons. The van der Waals surface area contributed by atoms with Crippen molar-refractivity contribution in [2.45, 2.75) is 38.3 Å². The minimum absolute atomic E-state index is 0.129.